The summed E-state index contributed by atoms with van der Waals surface area (Å²) in [6.45, 7) is 2.71. The lowest BCUT2D eigenvalue weighted by atomic mass is 9.90. The van der Waals surface area contributed by atoms with Gasteiger partial charge in [0, 0.05) is 25.6 Å². The van der Waals surface area contributed by atoms with Gasteiger partial charge in [-0.3, -0.25) is 9.59 Å². The van der Waals surface area contributed by atoms with Gasteiger partial charge in [0.05, 0.1) is 7.11 Å². The molecule has 2 aromatic rings. The number of carbonyl (C=O) groups is 2. The van der Waals surface area contributed by atoms with E-state index in [2.05, 4.69) is 12.1 Å². The number of hydrogen-bond acceptors (Lipinski definition) is 4. The highest BCUT2D eigenvalue weighted by Crippen LogP contribution is 2.27. The van der Waals surface area contributed by atoms with Crippen LogP contribution in [0, 0.1) is 5.92 Å². The Morgan fingerprint density at radius 3 is 2.25 bits per heavy atom. The van der Waals surface area contributed by atoms with Gasteiger partial charge in [0.1, 0.15) is 5.75 Å². The zero-order valence-electron chi connectivity index (χ0n) is 16.5. The van der Waals surface area contributed by atoms with E-state index in [-0.39, 0.29) is 5.91 Å². The molecule has 0 aliphatic carbocycles. The fourth-order valence-corrected chi connectivity index (χ4v) is 3.67. The van der Waals surface area contributed by atoms with Crippen LogP contribution in [0.2, 0.25) is 0 Å². The molecule has 5 nitrogen and oxygen atoms in total. The highest BCUT2D eigenvalue weighted by Gasteiger charge is 2.31. The van der Waals surface area contributed by atoms with Crippen LogP contribution in [0.25, 0.3) is 0 Å². The van der Waals surface area contributed by atoms with Crippen LogP contribution in [-0.2, 0) is 20.7 Å². The first-order chi connectivity index (χ1) is 13.6. The summed E-state index contributed by atoms with van der Waals surface area (Å²) in [4.78, 5) is 26.3. The first-order valence-electron chi connectivity index (χ1n) is 9.70. The van der Waals surface area contributed by atoms with Crippen molar-refractivity contribution in [2.24, 2.45) is 5.92 Å². The molecule has 1 unspecified atom stereocenters. The monoisotopic (exact) mass is 381 g/mol. The summed E-state index contributed by atoms with van der Waals surface area (Å²) in [5.41, 5.74) is 2.00. The minimum atomic E-state index is -0.864. The lowest BCUT2D eigenvalue weighted by Gasteiger charge is -2.34. The van der Waals surface area contributed by atoms with E-state index in [1.165, 1.54) is 12.5 Å². The summed E-state index contributed by atoms with van der Waals surface area (Å²) in [7, 11) is 1.67. The second kappa shape index (κ2) is 9.40. The van der Waals surface area contributed by atoms with Crippen LogP contribution >= 0.6 is 0 Å². The number of esters is 1. The normalized spacial score (nSPS) is 15.7. The van der Waals surface area contributed by atoms with Crippen LogP contribution in [0.3, 0.4) is 0 Å². The van der Waals surface area contributed by atoms with E-state index in [0.29, 0.717) is 24.6 Å². The molecule has 0 radical (unpaired) electrons. The number of benzene rings is 2. The summed E-state index contributed by atoms with van der Waals surface area (Å²) in [5.74, 6) is 0.823. The first kappa shape index (κ1) is 19.9. The summed E-state index contributed by atoms with van der Waals surface area (Å²) in [6, 6.07) is 17.4. The highest BCUT2D eigenvalue weighted by atomic mass is 16.5. The van der Waals surface area contributed by atoms with Crippen molar-refractivity contribution in [1.29, 1.82) is 0 Å². The first-order valence-corrected chi connectivity index (χ1v) is 9.70. The Labute approximate surface area is 166 Å². The number of rotatable bonds is 6. The van der Waals surface area contributed by atoms with Gasteiger partial charge < -0.3 is 14.4 Å². The molecule has 1 aliphatic rings. The van der Waals surface area contributed by atoms with Gasteiger partial charge in [-0.1, -0.05) is 42.5 Å². The Kier molecular flexibility index (Phi) is 6.69. The molecule has 1 fully saturated rings. The van der Waals surface area contributed by atoms with E-state index in [0.717, 1.165) is 25.0 Å². The van der Waals surface area contributed by atoms with E-state index in [1.807, 2.05) is 47.4 Å². The lowest BCUT2D eigenvalue weighted by Crippen LogP contribution is -2.42. The number of nitrogens with zero attached hydrogens (tertiary/aromatic N) is 1. The predicted octanol–water partition coefficient (Wildman–Crippen LogP) is 3.78. The van der Waals surface area contributed by atoms with Crippen molar-refractivity contribution < 1.29 is 19.1 Å². The number of methoxy groups -OCH3 is 1. The van der Waals surface area contributed by atoms with Crippen molar-refractivity contribution in [2.75, 3.05) is 20.2 Å². The van der Waals surface area contributed by atoms with Gasteiger partial charge in [0.2, 0.25) is 6.10 Å². The molecule has 0 N–H and O–H groups in total. The number of carbonyl (C=O) groups excluding carboxylic acids is 2. The average molecular weight is 381 g/mol. The summed E-state index contributed by atoms with van der Waals surface area (Å²) in [5, 5.41) is 0. The smallest absolute Gasteiger partial charge is 0.303 e. The Balaban J connectivity index is 1.59. The maximum absolute atomic E-state index is 13.0. The van der Waals surface area contributed by atoms with Gasteiger partial charge in [-0.15, -0.1) is 0 Å². The summed E-state index contributed by atoms with van der Waals surface area (Å²) < 4.78 is 10.6. The Morgan fingerprint density at radius 1 is 1.04 bits per heavy atom. The summed E-state index contributed by atoms with van der Waals surface area (Å²) >= 11 is 0. The van der Waals surface area contributed by atoms with Crippen LogP contribution in [0.5, 0.6) is 5.75 Å². The largest absolute Gasteiger partial charge is 0.497 e. The van der Waals surface area contributed by atoms with Crippen molar-refractivity contribution in [3.05, 3.63) is 65.7 Å². The second-order valence-electron chi connectivity index (χ2n) is 7.22. The third-order valence-electron chi connectivity index (χ3n) is 5.22. The number of hydrogen-bond donors (Lipinski definition) is 0. The quantitative estimate of drug-likeness (QED) is 0.715. The third-order valence-corrected chi connectivity index (χ3v) is 5.22. The van der Waals surface area contributed by atoms with Gasteiger partial charge in [-0.2, -0.15) is 0 Å². The van der Waals surface area contributed by atoms with Crippen molar-refractivity contribution in [2.45, 2.75) is 32.3 Å². The molecule has 0 aromatic heterocycles. The molecule has 1 aliphatic heterocycles. The van der Waals surface area contributed by atoms with Gasteiger partial charge in [0.25, 0.3) is 5.91 Å². The van der Waals surface area contributed by atoms with Crippen LogP contribution in [0.4, 0.5) is 0 Å². The molecule has 1 atom stereocenters. The zero-order valence-corrected chi connectivity index (χ0v) is 16.5. The topological polar surface area (TPSA) is 55.8 Å². The molecule has 1 amide bonds. The van der Waals surface area contributed by atoms with E-state index in [4.69, 9.17) is 9.47 Å². The number of amides is 1. The zero-order chi connectivity index (χ0) is 19.9. The van der Waals surface area contributed by atoms with Crippen molar-refractivity contribution in [1.82, 2.24) is 4.90 Å². The molecule has 2 aromatic carbocycles. The van der Waals surface area contributed by atoms with Crippen LogP contribution in [-0.4, -0.2) is 37.0 Å². The third kappa shape index (κ3) is 5.12. The van der Waals surface area contributed by atoms with Gasteiger partial charge in [-0.25, -0.2) is 0 Å². The number of piperidine rings is 1. The molecule has 0 spiro atoms. The highest BCUT2D eigenvalue weighted by molar-refractivity contribution is 5.84. The Hall–Kier alpha value is -2.82. The van der Waals surface area contributed by atoms with E-state index in [9.17, 15) is 9.59 Å². The maximum Gasteiger partial charge on any atom is 0.303 e. The van der Waals surface area contributed by atoms with Gasteiger partial charge in [0.15, 0.2) is 0 Å². The van der Waals surface area contributed by atoms with E-state index in [1.54, 1.807) is 7.11 Å². The van der Waals surface area contributed by atoms with E-state index >= 15 is 0 Å². The molecule has 3 rings (SSSR count). The second-order valence-corrected chi connectivity index (χ2v) is 7.22. The minimum absolute atomic E-state index is 0.135. The molecule has 1 saturated heterocycles. The lowest BCUT2D eigenvalue weighted by molar-refractivity contribution is -0.160. The summed E-state index contributed by atoms with van der Waals surface area (Å²) in [6.07, 6.45) is 2.02. The molecule has 28 heavy (non-hydrogen) atoms. The minimum Gasteiger partial charge on any atom is -0.497 e. The van der Waals surface area contributed by atoms with Crippen LogP contribution in [0.1, 0.15) is 37.0 Å². The molecule has 0 saturated carbocycles. The molecular weight excluding hydrogens is 354 g/mol. The Morgan fingerprint density at radius 2 is 1.68 bits per heavy atom. The molecule has 0 bridgehead atoms. The number of likely N-dealkylation sites (tertiary alicyclic amines) is 1. The van der Waals surface area contributed by atoms with Gasteiger partial charge in [-0.05, 0) is 42.9 Å². The predicted molar refractivity (Wildman–Crippen MR) is 107 cm³/mol. The fraction of sp³-hybridized carbons (Fsp3) is 0.391. The molecule has 5 heteroatoms. The van der Waals surface area contributed by atoms with E-state index < -0.39 is 12.1 Å². The van der Waals surface area contributed by atoms with Crippen molar-refractivity contribution >= 4 is 11.9 Å². The van der Waals surface area contributed by atoms with Crippen LogP contribution in [0.15, 0.2) is 54.6 Å². The molecule has 1 heterocycles. The molecule has 148 valence electrons. The van der Waals surface area contributed by atoms with Crippen LogP contribution < -0.4 is 4.74 Å². The number of ether oxygens (including phenoxy) is 2. The van der Waals surface area contributed by atoms with Crippen molar-refractivity contribution in [3.63, 3.8) is 0 Å². The Bertz CT molecular complexity index is 780. The van der Waals surface area contributed by atoms with Crippen molar-refractivity contribution in [3.8, 4) is 5.75 Å². The average Bonchev–Trinajstić information content (AvgIpc) is 2.73. The van der Waals surface area contributed by atoms with Gasteiger partial charge >= 0.3 is 5.97 Å². The molecular formula is C23H27NO4. The maximum atomic E-state index is 13.0. The SMILES string of the molecule is COc1ccc(CC2CCN(C(=O)C(OC(C)=O)c3ccccc3)CC2)cc1. The standard InChI is InChI=1S/C23H27NO4/c1-17(25)28-22(20-6-4-3-5-7-20)23(26)24-14-12-19(13-15-24)16-18-8-10-21(27-2)11-9-18/h3-11,19,22H,12-16H2,1-2H3. The fourth-order valence-electron chi connectivity index (χ4n) is 3.67.